The molecule has 0 aliphatic heterocycles. The minimum absolute atomic E-state index is 0.0183. The van der Waals surface area contributed by atoms with Crippen LogP contribution in [0.4, 0.5) is 5.82 Å². The van der Waals surface area contributed by atoms with Crippen molar-refractivity contribution in [2.45, 2.75) is 71.8 Å². The third-order valence-corrected chi connectivity index (χ3v) is 6.03. The van der Waals surface area contributed by atoms with Crippen molar-refractivity contribution < 1.29 is 14.4 Å². The Balaban J connectivity index is 1.80. The first kappa shape index (κ1) is 21.1. The average molecular weight is 425 g/mol. The van der Waals surface area contributed by atoms with Gasteiger partial charge in [0.05, 0.1) is 29.2 Å². The maximum Gasteiger partial charge on any atom is 0.271 e. The van der Waals surface area contributed by atoms with Gasteiger partial charge in [0, 0.05) is 12.8 Å². The van der Waals surface area contributed by atoms with Crippen LogP contribution >= 0.6 is 0 Å². The normalized spacial score (nSPS) is 20.4. The van der Waals surface area contributed by atoms with Crippen molar-refractivity contribution in [1.29, 1.82) is 0 Å². The molecule has 0 aromatic carbocycles. The van der Waals surface area contributed by atoms with E-state index in [1.807, 2.05) is 6.92 Å². The molecule has 2 aliphatic carbocycles. The molecule has 9 nitrogen and oxygen atoms in total. The second-order valence-electron chi connectivity index (χ2n) is 9.17. The molecule has 4 rings (SSSR count). The van der Waals surface area contributed by atoms with E-state index >= 15 is 0 Å². The maximum absolute atomic E-state index is 12.8. The topological polar surface area (TPSA) is 133 Å². The molecule has 31 heavy (non-hydrogen) atoms. The van der Waals surface area contributed by atoms with E-state index < -0.39 is 11.9 Å². The largest absolute Gasteiger partial charge is 0.364 e. The Morgan fingerprint density at radius 2 is 2.06 bits per heavy atom. The number of aryl methyl sites for hydroxylation is 1. The third kappa shape index (κ3) is 3.96. The van der Waals surface area contributed by atoms with Crippen molar-refractivity contribution in [3.8, 4) is 5.82 Å². The summed E-state index contributed by atoms with van der Waals surface area (Å²) < 4.78 is 1.65. The average Bonchev–Trinajstić information content (AvgIpc) is 3.07. The SMILES string of the molecule is CCc1nn(-c2cnc(C(N)=O)c(NC3CCCCC3=O)n2)c2c1C(=O)CC(C)(C)C2. The standard InChI is InChI=1S/C22H28N6O3/c1-4-12-18-14(9-22(2,3)10-16(18)30)28(27-12)17-11-24-19(20(23)31)21(26-17)25-13-7-5-6-8-15(13)29/h11,13H,4-10H2,1-3H3,(H2,23,31)(H,25,26). The zero-order valence-corrected chi connectivity index (χ0v) is 18.2. The van der Waals surface area contributed by atoms with Gasteiger partial charge in [-0.3, -0.25) is 14.4 Å². The maximum atomic E-state index is 12.8. The minimum Gasteiger partial charge on any atom is -0.364 e. The molecular weight excluding hydrogens is 396 g/mol. The van der Waals surface area contributed by atoms with Crippen LogP contribution in [0.1, 0.15) is 85.1 Å². The van der Waals surface area contributed by atoms with E-state index in [0.717, 1.165) is 24.2 Å². The smallest absolute Gasteiger partial charge is 0.271 e. The molecule has 1 saturated carbocycles. The molecule has 1 fully saturated rings. The van der Waals surface area contributed by atoms with Crippen molar-refractivity contribution in [2.24, 2.45) is 11.1 Å². The molecule has 2 heterocycles. The predicted molar refractivity (Wildman–Crippen MR) is 114 cm³/mol. The number of fused-ring (bicyclic) bond motifs is 1. The van der Waals surface area contributed by atoms with E-state index in [9.17, 15) is 14.4 Å². The molecule has 1 atom stereocenters. The Labute approximate surface area is 180 Å². The number of carbonyl (C=O) groups excluding carboxylic acids is 3. The molecule has 164 valence electrons. The van der Waals surface area contributed by atoms with Gasteiger partial charge >= 0.3 is 0 Å². The van der Waals surface area contributed by atoms with Crippen LogP contribution in [0.2, 0.25) is 0 Å². The first-order chi connectivity index (χ1) is 14.7. The summed E-state index contributed by atoms with van der Waals surface area (Å²) in [7, 11) is 0. The van der Waals surface area contributed by atoms with Crippen molar-refractivity contribution in [2.75, 3.05) is 5.32 Å². The minimum atomic E-state index is -0.724. The van der Waals surface area contributed by atoms with Crippen LogP contribution in [0, 0.1) is 5.41 Å². The van der Waals surface area contributed by atoms with E-state index in [4.69, 9.17) is 5.73 Å². The van der Waals surface area contributed by atoms with Crippen LogP contribution in [0.25, 0.3) is 5.82 Å². The summed E-state index contributed by atoms with van der Waals surface area (Å²) in [5.41, 5.74) is 7.49. The summed E-state index contributed by atoms with van der Waals surface area (Å²) in [4.78, 5) is 45.9. The number of ketones is 2. The lowest BCUT2D eigenvalue weighted by atomic mass is 9.75. The first-order valence-electron chi connectivity index (χ1n) is 10.8. The Morgan fingerprint density at radius 1 is 1.29 bits per heavy atom. The number of nitrogens with zero attached hydrogens (tertiary/aromatic N) is 4. The number of hydrogen-bond donors (Lipinski definition) is 2. The molecule has 0 saturated heterocycles. The van der Waals surface area contributed by atoms with Crippen LogP contribution in [0.5, 0.6) is 0 Å². The van der Waals surface area contributed by atoms with Gasteiger partial charge in [0.1, 0.15) is 0 Å². The number of Topliss-reactive ketones (excluding diaryl/α,β-unsaturated/α-hetero) is 2. The summed E-state index contributed by atoms with van der Waals surface area (Å²) in [5.74, 6) is 0.0113. The number of aromatic nitrogens is 4. The highest BCUT2D eigenvalue weighted by Gasteiger charge is 2.36. The summed E-state index contributed by atoms with van der Waals surface area (Å²) in [6, 6.07) is -0.422. The van der Waals surface area contributed by atoms with E-state index in [0.29, 0.717) is 43.5 Å². The molecule has 0 bridgehead atoms. The summed E-state index contributed by atoms with van der Waals surface area (Å²) >= 11 is 0. The summed E-state index contributed by atoms with van der Waals surface area (Å²) in [6.07, 6.45) is 6.16. The molecule has 1 unspecified atom stereocenters. The van der Waals surface area contributed by atoms with E-state index in [-0.39, 0.29) is 28.5 Å². The van der Waals surface area contributed by atoms with Crippen LogP contribution in [0.3, 0.4) is 0 Å². The zero-order valence-electron chi connectivity index (χ0n) is 18.2. The zero-order chi connectivity index (χ0) is 22.3. The van der Waals surface area contributed by atoms with Crippen LogP contribution in [-0.2, 0) is 17.6 Å². The molecule has 0 spiro atoms. The Morgan fingerprint density at radius 3 is 2.74 bits per heavy atom. The van der Waals surface area contributed by atoms with Gasteiger partial charge in [-0.15, -0.1) is 0 Å². The number of nitrogens with two attached hydrogens (primary N) is 1. The molecule has 0 radical (unpaired) electrons. The van der Waals surface area contributed by atoms with Crippen molar-refractivity contribution in [3.05, 3.63) is 28.8 Å². The predicted octanol–water partition coefficient (Wildman–Crippen LogP) is 2.40. The van der Waals surface area contributed by atoms with Gasteiger partial charge in [0.2, 0.25) is 0 Å². The lowest BCUT2D eigenvalue weighted by molar-refractivity contribution is -0.121. The van der Waals surface area contributed by atoms with Crippen molar-refractivity contribution in [1.82, 2.24) is 19.7 Å². The highest BCUT2D eigenvalue weighted by Crippen LogP contribution is 2.37. The van der Waals surface area contributed by atoms with Gasteiger partial charge in [-0.1, -0.05) is 27.2 Å². The van der Waals surface area contributed by atoms with Crippen LogP contribution in [0.15, 0.2) is 6.20 Å². The third-order valence-electron chi connectivity index (χ3n) is 6.03. The van der Waals surface area contributed by atoms with Gasteiger partial charge in [0.25, 0.3) is 5.91 Å². The van der Waals surface area contributed by atoms with Gasteiger partial charge in [0.15, 0.2) is 28.9 Å². The molecule has 2 aliphatic rings. The number of primary amides is 1. The van der Waals surface area contributed by atoms with Gasteiger partial charge in [-0.05, 0) is 31.1 Å². The number of anilines is 1. The highest BCUT2D eigenvalue weighted by atomic mass is 16.1. The Hall–Kier alpha value is -3.10. The van der Waals surface area contributed by atoms with Gasteiger partial charge in [-0.2, -0.15) is 5.10 Å². The summed E-state index contributed by atoms with van der Waals surface area (Å²) in [6.45, 7) is 6.07. The lowest BCUT2D eigenvalue weighted by Crippen LogP contribution is -2.34. The number of rotatable bonds is 5. The Bertz CT molecular complexity index is 1070. The van der Waals surface area contributed by atoms with Gasteiger partial charge in [-0.25, -0.2) is 14.6 Å². The van der Waals surface area contributed by atoms with Crippen LogP contribution < -0.4 is 11.1 Å². The van der Waals surface area contributed by atoms with Crippen molar-refractivity contribution >= 4 is 23.3 Å². The second kappa shape index (κ2) is 7.86. The molecule has 9 heteroatoms. The van der Waals surface area contributed by atoms with Crippen molar-refractivity contribution in [3.63, 3.8) is 0 Å². The molecule has 2 aromatic rings. The fourth-order valence-corrected chi connectivity index (χ4v) is 4.53. The number of carbonyl (C=O) groups is 3. The number of nitrogens with one attached hydrogen (secondary N) is 1. The molecule has 1 amide bonds. The second-order valence-corrected chi connectivity index (χ2v) is 9.17. The summed E-state index contributed by atoms with van der Waals surface area (Å²) in [5, 5.41) is 7.74. The van der Waals surface area contributed by atoms with E-state index in [1.54, 1.807) is 4.68 Å². The number of hydrogen-bond acceptors (Lipinski definition) is 7. The highest BCUT2D eigenvalue weighted by molar-refractivity contribution is 6.00. The number of amides is 1. The monoisotopic (exact) mass is 424 g/mol. The molecular formula is C22H28N6O3. The first-order valence-corrected chi connectivity index (χ1v) is 10.8. The lowest BCUT2D eigenvalue weighted by Gasteiger charge is -2.29. The molecule has 2 aromatic heterocycles. The van der Waals surface area contributed by atoms with E-state index in [2.05, 4.69) is 34.2 Å². The quantitative estimate of drug-likeness (QED) is 0.753. The van der Waals surface area contributed by atoms with Crippen LogP contribution in [-0.4, -0.2) is 43.3 Å². The fraction of sp³-hybridized carbons (Fsp3) is 0.545. The van der Waals surface area contributed by atoms with E-state index in [1.165, 1.54) is 6.20 Å². The van der Waals surface area contributed by atoms with Gasteiger partial charge < -0.3 is 11.1 Å². The Kier molecular flexibility index (Phi) is 5.36. The molecule has 3 N–H and O–H groups in total. The fourth-order valence-electron chi connectivity index (χ4n) is 4.53.